The van der Waals surface area contributed by atoms with E-state index in [1.165, 1.54) is 4.88 Å². The summed E-state index contributed by atoms with van der Waals surface area (Å²) >= 11 is 1.71. The lowest BCUT2D eigenvalue weighted by molar-refractivity contribution is -0.138. The quantitative estimate of drug-likeness (QED) is 0.709. The van der Waals surface area contributed by atoms with Crippen LogP contribution in [0.25, 0.3) is 0 Å². The van der Waals surface area contributed by atoms with Gasteiger partial charge in [0.2, 0.25) is 5.91 Å². The van der Waals surface area contributed by atoms with Crippen LogP contribution in [-0.4, -0.2) is 28.4 Å². The summed E-state index contributed by atoms with van der Waals surface area (Å²) in [5, 5.41) is 10.8. The average molecular weight is 345 g/mol. The Morgan fingerprint density at radius 2 is 1.79 bits per heavy atom. The first-order chi connectivity index (χ1) is 11.6. The van der Waals surface area contributed by atoms with E-state index in [1.807, 2.05) is 41.8 Å². The molecule has 0 fully saturated rings. The molecular formula is C19H23NO3S. The van der Waals surface area contributed by atoms with Crippen molar-refractivity contribution in [3.05, 3.63) is 58.3 Å². The van der Waals surface area contributed by atoms with Crippen molar-refractivity contribution in [1.29, 1.82) is 0 Å². The third kappa shape index (κ3) is 6.54. The van der Waals surface area contributed by atoms with Crippen LogP contribution in [0.3, 0.4) is 0 Å². The van der Waals surface area contributed by atoms with E-state index >= 15 is 0 Å². The molecule has 24 heavy (non-hydrogen) atoms. The summed E-state index contributed by atoms with van der Waals surface area (Å²) in [5.41, 5.74) is 1.07. The number of carboxylic acids is 1. The van der Waals surface area contributed by atoms with Crippen molar-refractivity contribution in [3.63, 3.8) is 0 Å². The molecule has 0 aliphatic carbocycles. The van der Waals surface area contributed by atoms with Gasteiger partial charge in [-0.15, -0.1) is 11.3 Å². The Balaban J connectivity index is 1.87. The van der Waals surface area contributed by atoms with Crippen LogP contribution in [0.4, 0.5) is 0 Å². The summed E-state index contributed by atoms with van der Waals surface area (Å²) < 4.78 is 0. The molecule has 4 nitrogen and oxygen atoms in total. The zero-order chi connectivity index (χ0) is 17.2. The minimum absolute atomic E-state index is 0.0910. The van der Waals surface area contributed by atoms with Gasteiger partial charge in [0, 0.05) is 30.8 Å². The Bertz CT molecular complexity index is 625. The number of nitrogens with zero attached hydrogens (tertiary/aromatic N) is 1. The molecule has 0 spiro atoms. The smallest absolute Gasteiger partial charge is 0.303 e. The lowest BCUT2D eigenvalue weighted by Crippen LogP contribution is -2.31. The zero-order valence-electron chi connectivity index (χ0n) is 13.7. The standard InChI is InChI=1S/C19H23NO3S/c21-18(11-4-9-17-10-6-14-24-17)20(13-5-12-19(22)23)15-16-7-2-1-3-8-16/h1-3,6-8,10,14H,4-5,9,11-13,15H2,(H,22,23). The number of thiophene rings is 1. The molecule has 0 saturated heterocycles. The van der Waals surface area contributed by atoms with Gasteiger partial charge in [0.15, 0.2) is 0 Å². The fraction of sp³-hybridized carbons (Fsp3) is 0.368. The van der Waals surface area contributed by atoms with Gasteiger partial charge in [0.05, 0.1) is 0 Å². The first-order valence-corrected chi connectivity index (χ1v) is 9.09. The van der Waals surface area contributed by atoms with Crippen molar-refractivity contribution >= 4 is 23.2 Å². The molecule has 0 aliphatic rings. The number of carboxylic acid groups (broad SMARTS) is 1. The van der Waals surface area contributed by atoms with Gasteiger partial charge in [0.1, 0.15) is 0 Å². The molecule has 128 valence electrons. The van der Waals surface area contributed by atoms with E-state index in [1.54, 1.807) is 16.2 Å². The Hall–Kier alpha value is -2.14. The molecule has 0 bridgehead atoms. The van der Waals surface area contributed by atoms with Gasteiger partial charge in [-0.05, 0) is 36.3 Å². The third-order valence-corrected chi connectivity index (χ3v) is 4.72. The Morgan fingerprint density at radius 1 is 1.00 bits per heavy atom. The number of carbonyl (C=O) groups excluding carboxylic acids is 1. The molecule has 5 heteroatoms. The average Bonchev–Trinajstić information content (AvgIpc) is 3.08. The zero-order valence-corrected chi connectivity index (χ0v) is 14.5. The van der Waals surface area contributed by atoms with E-state index in [0.29, 0.717) is 25.9 Å². The van der Waals surface area contributed by atoms with Crippen molar-refractivity contribution < 1.29 is 14.7 Å². The second kappa shape index (κ2) is 9.88. The Labute approximate surface area is 146 Å². The van der Waals surface area contributed by atoms with E-state index in [9.17, 15) is 9.59 Å². The minimum atomic E-state index is -0.820. The Morgan fingerprint density at radius 3 is 2.46 bits per heavy atom. The van der Waals surface area contributed by atoms with Crippen LogP contribution in [0.5, 0.6) is 0 Å². The second-order valence-electron chi connectivity index (χ2n) is 5.73. The van der Waals surface area contributed by atoms with E-state index in [2.05, 4.69) is 6.07 Å². The van der Waals surface area contributed by atoms with Crippen LogP contribution in [0, 0.1) is 0 Å². The SMILES string of the molecule is O=C(O)CCCN(Cc1ccccc1)C(=O)CCCc1cccs1. The van der Waals surface area contributed by atoms with Crippen molar-refractivity contribution in [2.45, 2.75) is 38.6 Å². The monoisotopic (exact) mass is 345 g/mol. The lowest BCUT2D eigenvalue weighted by Gasteiger charge is -2.23. The topological polar surface area (TPSA) is 57.6 Å². The molecule has 1 aromatic carbocycles. The minimum Gasteiger partial charge on any atom is -0.481 e. The highest BCUT2D eigenvalue weighted by molar-refractivity contribution is 7.09. The van der Waals surface area contributed by atoms with Crippen LogP contribution in [0.15, 0.2) is 47.8 Å². The van der Waals surface area contributed by atoms with Gasteiger partial charge >= 0.3 is 5.97 Å². The Kier molecular flexibility index (Phi) is 7.49. The highest BCUT2D eigenvalue weighted by Gasteiger charge is 2.14. The lowest BCUT2D eigenvalue weighted by atomic mass is 10.1. The van der Waals surface area contributed by atoms with Crippen LogP contribution in [-0.2, 0) is 22.6 Å². The van der Waals surface area contributed by atoms with Gasteiger partial charge in [-0.2, -0.15) is 0 Å². The van der Waals surface area contributed by atoms with E-state index in [-0.39, 0.29) is 12.3 Å². The van der Waals surface area contributed by atoms with Crippen molar-refractivity contribution in [2.24, 2.45) is 0 Å². The van der Waals surface area contributed by atoms with Crippen LogP contribution in [0.2, 0.25) is 0 Å². The number of hydrogen-bond donors (Lipinski definition) is 1. The van der Waals surface area contributed by atoms with Gasteiger partial charge < -0.3 is 10.0 Å². The van der Waals surface area contributed by atoms with Gasteiger partial charge in [0.25, 0.3) is 0 Å². The molecule has 0 aliphatic heterocycles. The van der Waals surface area contributed by atoms with E-state index in [4.69, 9.17) is 5.11 Å². The summed E-state index contributed by atoms with van der Waals surface area (Å²) in [6.07, 6.45) is 2.81. The maximum Gasteiger partial charge on any atom is 0.303 e. The molecule has 1 heterocycles. The van der Waals surface area contributed by atoms with Crippen LogP contribution < -0.4 is 0 Å². The number of hydrogen-bond acceptors (Lipinski definition) is 3. The third-order valence-electron chi connectivity index (χ3n) is 3.78. The molecule has 1 aromatic heterocycles. The molecule has 1 N–H and O–H groups in total. The number of amides is 1. The fourth-order valence-electron chi connectivity index (χ4n) is 2.54. The summed E-state index contributed by atoms with van der Waals surface area (Å²) in [4.78, 5) is 26.3. The number of carbonyl (C=O) groups is 2. The maximum absolute atomic E-state index is 12.5. The number of aliphatic carboxylic acids is 1. The van der Waals surface area contributed by atoms with E-state index < -0.39 is 5.97 Å². The highest BCUT2D eigenvalue weighted by Crippen LogP contribution is 2.14. The summed E-state index contributed by atoms with van der Waals surface area (Å²) in [6, 6.07) is 13.9. The summed E-state index contributed by atoms with van der Waals surface area (Å²) in [5.74, 6) is -0.722. The van der Waals surface area contributed by atoms with Crippen LogP contribution >= 0.6 is 11.3 Å². The molecule has 1 amide bonds. The predicted molar refractivity (Wildman–Crippen MR) is 96.0 cm³/mol. The van der Waals surface area contributed by atoms with E-state index in [0.717, 1.165) is 18.4 Å². The maximum atomic E-state index is 12.5. The molecule has 0 unspecified atom stereocenters. The highest BCUT2D eigenvalue weighted by atomic mass is 32.1. The predicted octanol–water partition coefficient (Wildman–Crippen LogP) is 3.96. The molecule has 0 radical (unpaired) electrons. The van der Waals surface area contributed by atoms with Gasteiger partial charge in [-0.25, -0.2) is 0 Å². The molecule has 0 atom stereocenters. The normalized spacial score (nSPS) is 10.5. The molecule has 0 saturated carbocycles. The first kappa shape index (κ1) is 18.2. The van der Waals surface area contributed by atoms with Crippen molar-refractivity contribution in [1.82, 2.24) is 4.90 Å². The largest absolute Gasteiger partial charge is 0.481 e. The molecule has 2 aromatic rings. The van der Waals surface area contributed by atoms with Gasteiger partial charge in [-0.3, -0.25) is 9.59 Å². The summed E-state index contributed by atoms with van der Waals surface area (Å²) in [6.45, 7) is 1.03. The second-order valence-corrected chi connectivity index (χ2v) is 6.76. The van der Waals surface area contributed by atoms with Crippen LogP contribution in [0.1, 0.15) is 36.1 Å². The first-order valence-electron chi connectivity index (χ1n) is 8.21. The number of rotatable bonds is 10. The fourth-order valence-corrected chi connectivity index (χ4v) is 3.29. The van der Waals surface area contributed by atoms with Crippen molar-refractivity contribution in [2.75, 3.05) is 6.54 Å². The molecule has 2 rings (SSSR count). The number of aryl methyl sites for hydroxylation is 1. The van der Waals surface area contributed by atoms with Gasteiger partial charge in [-0.1, -0.05) is 36.4 Å². The summed E-state index contributed by atoms with van der Waals surface area (Å²) in [7, 11) is 0. The molecular weight excluding hydrogens is 322 g/mol. The van der Waals surface area contributed by atoms with Crippen molar-refractivity contribution in [3.8, 4) is 0 Å². The number of benzene rings is 1.